The predicted molar refractivity (Wildman–Crippen MR) is 176 cm³/mol. The summed E-state index contributed by atoms with van der Waals surface area (Å²) < 4.78 is 0. The van der Waals surface area contributed by atoms with E-state index in [0.717, 1.165) is 23.0 Å². The molecule has 5 heterocycles. The van der Waals surface area contributed by atoms with Crippen molar-refractivity contribution in [3.63, 3.8) is 0 Å². The Morgan fingerprint density at radius 1 is 0.395 bits per heavy atom. The van der Waals surface area contributed by atoms with E-state index in [-0.39, 0.29) is 0 Å². The van der Waals surface area contributed by atoms with Crippen molar-refractivity contribution in [2.45, 2.75) is 23.0 Å². The Morgan fingerprint density at radius 3 is 1.16 bits per heavy atom. The zero-order valence-electron chi connectivity index (χ0n) is 20.5. The van der Waals surface area contributed by atoms with Gasteiger partial charge in [0.05, 0.1) is 0 Å². The van der Waals surface area contributed by atoms with Gasteiger partial charge in [-0.15, -0.1) is 45.3 Å². The zero-order chi connectivity index (χ0) is 25.3. The van der Waals surface area contributed by atoms with E-state index in [2.05, 4.69) is 95.7 Å². The largest absolute Gasteiger partial charge is 0.152 e. The van der Waals surface area contributed by atoms with Crippen LogP contribution >= 0.6 is 68.9 Å². The van der Waals surface area contributed by atoms with Crippen molar-refractivity contribution in [2.24, 2.45) is 0 Å². The molecule has 6 heteroatoms. The molecule has 188 valence electrons. The molecule has 0 amide bonds. The molecule has 38 heavy (non-hydrogen) atoms. The molecule has 0 spiro atoms. The first-order chi connectivity index (χ1) is 18.8. The highest BCUT2D eigenvalue weighted by Gasteiger charge is 2.12. The van der Waals surface area contributed by atoms with Gasteiger partial charge in [-0.3, -0.25) is 0 Å². The van der Waals surface area contributed by atoms with E-state index < -0.39 is 0 Å². The van der Waals surface area contributed by atoms with Crippen LogP contribution < -0.4 is 0 Å². The van der Waals surface area contributed by atoms with Gasteiger partial charge in [-0.25, -0.2) is 0 Å². The zero-order valence-corrected chi connectivity index (χ0v) is 25.4. The molecule has 0 saturated carbocycles. The van der Waals surface area contributed by atoms with Gasteiger partial charge in [0.15, 0.2) is 0 Å². The lowest BCUT2D eigenvalue weighted by Gasteiger charge is -2.13. The number of hydrogen-bond acceptors (Lipinski definition) is 6. The summed E-state index contributed by atoms with van der Waals surface area (Å²) in [6, 6.07) is 32.4. The molecule has 1 aliphatic rings. The molecule has 0 nitrogen and oxygen atoms in total. The van der Waals surface area contributed by atoms with Crippen molar-refractivity contribution < 1.29 is 0 Å². The molecular formula is C32H24S6. The number of thioether (sulfide) groups is 2. The summed E-state index contributed by atoms with van der Waals surface area (Å²) in [7, 11) is 0. The molecular weight excluding hydrogens is 577 g/mol. The lowest BCUT2D eigenvalue weighted by molar-refractivity contribution is 1.28. The minimum atomic E-state index is 1.04. The first kappa shape index (κ1) is 24.9. The van der Waals surface area contributed by atoms with Gasteiger partial charge in [-0.2, -0.15) is 23.5 Å². The third kappa shape index (κ3) is 5.48. The molecule has 0 N–H and O–H groups in total. The Hall–Kier alpha value is -2.06. The number of fused-ring (bicyclic) bond motifs is 4. The Labute approximate surface area is 248 Å². The maximum absolute atomic E-state index is 2.43. The topological polar surface area (TPSA) is 0 Å². The predicted octanol–water partition coefficient (Wildman–Crippen LogP) is 11.8. The second kappa shape index (κ2) is 11.2. The lowest BCUT2D eigenvalue weighted by atomic mass is 10.1. The summed E-state index contributed by atoms with van der Waals surface area (Å²) in [5, 5.41) is 4.32. The van der Waals surface area contributed by atoms with Gasteiger partial charge in [0.25, 0.3) is 0 Å². The van der Waals surface area contributed by atoms with E-state index in [1.165, 1.54) is 62.6 Å². The summed E-state index contributed by atoms with van der Waals surface area (Å²) in [5.74, 6) is 4.15. The fourth-order valence-electron chi connectivity index (χ4n) is 4.80. The standard InChI is InChI=1S/C32H24S6/c1-3-29(35-9-1)31-7-5-27(37-31)25-13-21-11-22(14-25)18-34-20-24-12-23(19-33-17-21)15-26(16-24)28-6-8-32(38-28)30-4-2-10-36-30/h1-16H,17-20H2. The van der Waals surface area contributed by atoms with Crippen molar-refractivity contribution in [2.75, 3.05) is 0 Å². The Morgan fingerprint density at radius 2 is 0.789 bits per heavy atom. The van der Waals surface area contributed by atoms with E-state index in [9.17, 15) is 0 Å². The van der Waals surface area contributed by atoms with Gasteiger partial charge in [0, 0.05) is 52.3 Å². The van der Waals surface area contributed by atoms with Crippen LogP contribution in [0.1, 0.15) is 22.3 Å². The maximum atomic E-state index is 2.43. The molecule has 0 atom stereocenters. The van der Waals surface area contributed by atoms with E-state index >= 15 is 0 Å². The molecule has 0 radical (unpaired) electrons. The number of rotatable bonds is 4. The number of thiophene rings is 4. The van der Waals surface area contributed by atoms with Crippen LogP contribution in [0.2, 0.25) is 0 Å². The minimum absolute atomic E-state index is 1.04. The van der Waals surface area contributed by atoms with E-state index in [0.29, 0.717) is 0 Å². The molecule has 6 aromatic rings. The molecule has 4 aromatic heterocycles. The van der Waals surface area contributed by atoms with E-state index in [1.54, 1.807) is 0 Å². The normalized spacial score (nSPS) is 13.7. The summed E-state index contributed by atoms with van der Waals surface area (Å²) in [6.07, 6.45) is 0. The van der Waals surface area contributed by atoms with Crippen LogP contribution in [-0.2, 0) is 23.0 Å². The van der Waals surface area contributed by atoms with Crippen LogP contribution in [0.3, 0.4) is 0 Å². The molecule has 0 saturated heterocycles. The molecule has 2 aromatic carbocycles. The van der Waals surface area contributed by atoms with E-state index in [1.807, 2.05) is 68.9 Å². The van der Waals surface area contributed by atoms with Gasteiger partial charge in [0.1, 0.15) is 0 Å². The molecule has 0 aliphatic carbocycles. The maximum Gasteiger partial charge on any atom is 0.0449 e. The summed E-state index contributed by atoms with van der Waals surface area (Å²) >= 11 is 11.5. The van der Waals surface area contributed by atoms with E-state index in [4.69, 9.17) is 0 Å². The minimum Gasteiger partial charge on any atom is -0.152 e. The van der Waals surface area contributed by atoms with Crippen LogP contribution in [0.5, 0.6) is 0 Å². The average Bonchev–Trinajstić information content (AvgIpc) is 3.75. The highest BCUT2D eigenvalue weighted by molar-refractivity contribution is 7.98. The fraction of sp³-hybridized carbons (Fsp3) is 0.125. The second-order valence-corrected chi connectivity index (χ2v) is 15.4. The van der Waals surface area contributed by atoms with Crippen molar-refractivity contribution >= 4 is 68.9 Å². The Bertz CT molecular complexity index is 1500. The van der Waals surface area contributed by atoms with Crippen molar-refractivity contribution in [1.82, 2.24) is 0 Å². The van der Waals surface area contributed by atoms with Crippen LogP contribution in [-0.4, -0.2) is 0 Å². The molecule has 4 bridgehead atoms. The highest BCUT2D eigenvalue weighted by Crippen LogP contribution is 2.40. The fourth-order valence-corrected chi connectivity index (χ4v) is 10.3. The van der Waals surface area contributed by atoms with Gasteiger partial charge in [-0.05, 0) is 105 Å². The van der Waals surface area contributed by atoms with Gasteiger partial charge in [-0.1, -0.05) is 24.3 Å². The summed E-state index contributed by atoms with van der Waals surface area (Å²) in [6.45, 7) is 0. The van der Waals surface area contributed by atoms with Crippen LogP contribution in [0.15, 0.2) is 95.7 Å². The van der Waals surface area contributed by atoms with Crippen LogP contribution in [0.4, 0.5) is 0 Å². The van der Waals surface area contributed by atoms with Crippen LogP contribution in [0.25, 0.3) is 40.4 Å². The van der Waals surface area contributed by atoms with Gasteiger partial charge >= 0.3 is 0 Å². The van der Waals surface area contributed by atoms with Crippen LogP contribution in [0, 0.1) is 0 Å². The third-order valence-electron chi connectivity index (χ3n) is 6.49. The number of hydrogen-bond donors (Lipinski definition) is 0. The SMILES string of the molecule is c1csc(-c2ccc(-c3cc4cc(c3)CSCc3cc(cc(-c5ccc(-c6cccs6)s5)c3)CSC4)s2)c1. The average molecular weight is 601 g/mol. The third-order valence-corrected chi connectivity index (χ3v) is 13.0. The first-order valence-electron chi connectivity index (χ1n) is 12.5. The lowest BCUT2D eigenvalue weighted by Crippen LogP contribution is -1.94. The Balaban J connectivity index is 1.14. The van der Waals surface area contributed by atoms with Crippen molar-refractivity contribution in [1.29, 1.82) is 0 Å². The molecule has 0 unspecified atom stereocenters. The molecule has 1 aliphatic heterocycles. The van der Waals surface area contributed by atoms with Crippen molar-refractivity contribution in [3.05, 3.63) is 118 Å². The first-order valence-corrected chi connectivity index (χ1v) is 18.2. The quantitative estimate of drug-likeness (QED) is 0.197. The molecule has 7 rings (SSSR count). The number of benzene rings is 2. The summed E-state index contributed by atoms with van der Waals surface area (Å²) in [5.41, 5.74) is 8.47. The monoisotopic (exact) mass is 600 g/mol. The highest BCUT2D eigenvalue weighted by atomic mass is 32.2. The van der Waals surface area contributed by atoms with Gasteiger partial charge < -0.3 is 0 Å². The molecule has 0 fully saturated rings. The second-order valence-electron chi connectivity index (χ2n) is 9.34. The summed E-state index contributed by atoms with van der Waals surface area (Å²) in [4.78, 5) is 8.18. The van der Waals surface area contributed by atoms with Gasteiger partial charge in [0.2, 0.25) is 0 Å². The Kier molecular flexibility index (Phi) is 7.35. The van der Waals surface area contributed by atoms with Crippen molar-refractivity contribution in [3.8, 4) is 40.4 Å². The smallest absolute Gasteiger partial charge is 0.0449 e.